The number of aromatic nitrogens is 2. The van der Waals surface area contributed by atoms with Crippen molar-refractivity contribution in [3.05, 3.63) is 40.8 Å². The van der Waals surface area contributed by atoms with Crippen LogP contribution in [0.25, 0.3) is 11.3 Å². The Hall–Kier alpha value is -1.68. The topological polar surface area (TPSA) is 37.9 Å². The van der Waals surface area contributed by atoms with E-state index in [1.54, 1.807) is 7.11 Å². The Morgan fingerprint density at radius 2 is 1.89 bits per heavy atom. The van der Waals surface area contributed by atoms with Gasteiger partial charge in [-0.05, 0) is 18.2 Å². The van der Waals surface area contributed by atoms with E-state index in [0.29, 0.717) is 4.64 Å². The standard InChI is InChI=1S/C15H18N2OS/c1-15(2,3)14-16-11(9-13(19)17-14)10-7-5-6-8-12(10)18-4/h5-9H,1-4H3,(H,16,17,19). The zero-order valence-electron chi connectivity index (χ0n) is 11.7. The number of para-hydroxylation sites is 1. The second kappa shape index (κ2) is 5.13. The number of benzene rings is 1. The molecule has 0 saturated heterocycles. The monoisotopic (exact) mass is 274 g/mol. The predicted octanol–water partition coefficient (Wildman–Crippen LogP) is 4.11. The van der Waals surface area contributed by atoms with Gasteiger partial charge in [-0.25, -0.2) is 4.98 Å². The van der Waals surface area contributed by atoms with Gasteiger partial charge in [-0.3, -0.25) is 0 Å². The minimum absolute atomic E-state index is 0.0778. The molecule has 0 aliphatic carbocycles. The van der Waals surface area contributed by atoms with Crippen LogP contribution in [0.2, 0.25) is 0 Å². The van der Waals surface area contributed by atoms with E-state index in [-0.39, 0.29) is 5.41 Å². The maximum Gasteiger partial charge on any atom is 0.130 e. The highest BCUT2D eigenvalue weighted by atomic mass is 32.1. The van der Waals surface area contributed by atoms with Gasteiger partial charge in [0.1, 0.15) is 16.2 Å². The van der Waals surface area contributed by atoms with Crippen LogP contribution in [0.5, 0.6) is 5.75 Å². The average molecular weight is 274 g/mol. The van der Waals surface area contributed by atoms with E-state index in [0.717, 1.165) is 22.8 Å². The molecule has 2 aromatic rings. The summed E-state index contributed by atoms with van der Waals surface area (Å²) in [6, 6.07) is 9.73. The van der Waals surface area contributed by atoms with Crippen molar-refractivity contribution >= 4 is 12.2 Å². The Morgan fingerprint density at radius 3 is 2.53 bits per heavy atom. The molecule has 0 fully saturated rings. The third kappa shape index (κ3) is 3.01. The molecule has 2 rings (SSSR count). The number of hydrogen-bond donors (Lipinski definition) is 1. The number of aromatic amines is 1. The number of rotatable bonds is 2. The lowest BCUT2D eigenvalue weighted by Gasteiger charge is -2.19. The second-order valence-electron chi connectivity index (χ2n) is 5.43. The average Bonchev–Trinajstić information content (AvgIpc) is 2.37. The molecule has 0 aliphatic rings. The van der Waals surface area contributed by atoms with Gasteiger partial charge in [-0.1, -0.05) is 45.1 Å². The molecule has 0 radical (unpaired) electrons. The lowest BCUT2D eigenvalue weighted by molar-refractivity contribution is 0.416. The Kier molecular flexibility index (Phi) is 3.71. The third-order valence-electron chi connectivity index (χ3n) is 2.85. The van der Waals surface area contributed by atoms with E-state index in [2.05, 4.69) is 30.7 Å². The number of nitrogens with one attached hydrogen (secondary N) is 1. The van der Waals surface area contributed by atoms with Gasteiger partial charge in [0, 0.05) is 11.0 Å². The SMILES string of the molecule is COc1ccccc1-c1cc(=S)nc(C(C)(C)C)[nH]1. The molecule has 0 amide bonds. The van der Waals surface area contributed by atoms with E-state index >= 15 is 0 Å². The van der Waals surface area contributed by atoms with Crippen LogP contribution in [0, 0.1) is 4.64 Å². The van der Waals surface area contributed by atoms with Crippen molar-refractivity contribution < 1.29 is 4.74 Å². The van der Waals surface area contributed by atoms with Gasteiger partial charge in [0.05, 0.1) is 12.8 Å². The molecule has 0 unspecified atom stereocenters. The molecular weight excluding hydrogens is 256 g/mol. The molecule has 0 saturated carbocycles. The Labute approximate surface area is 118 Å². The van der Waals surface area contributed by atoms with E-state index in [9.17, 15) is 0 Å². The first kappa shape index (κ1) is 13.7. The molecule has 1 aromatic carbocycles. The van der Waals surface area contributed by atoms with Gasteiger partial charge in [-0.15, -0.1) is 0 Å². The molecule has 1 aromatic heterocycles. The van der Waals surface area contributed by atoms with E-state index < -0.39 is 0 Å². The Balaban J connectivity index is 2.63. The fourth-order valence-corrected chi connectivity index (χ4v) is 2.03. The van der Waals surface area contributed by atoms with Gasteiger partial charge >= 0.3 is 0 Å². The van der Waals surface area contributed by atoms with Crippen molar-refractivity contribution in [1.29, 1.82) is 0 Å². The van der Waals surface area contributed by atoms with E-state index in [1.165, 1.54) is 0 Å². The van der Waals surface area contributed by atoms with Gasteiger partial charge in [0.25, 0.3) is 0 Å². The Bertz CT molecular complexity index is 641. The molecule has 1 heterocycles. The molecule has 1 N–H and O–H groups in total. The summed E-state index contributed by atoms with van der Waals surface area (Å²) in [6.45, 7) is 6.31. The van der Waals surface area contributed by atoms with Crippen LogP contribution in [-0.2, 0) is 5.41 Å². The summed E-state index contributed by atoms with van der Waals surface area (Å²) >= 11 is 5.26. The summed E-state index contributed by atoms with van der Waals surface area (Å²) in [6.07, 6.45) is 0. The molecule has 19 heavy (non-hydrogen) atoms. The first-order chi connectivity index (χ1) is 8.91. The minimum atomic E-state index is -0.0778. The largest absolute Gasteiger partial charge is 0.496 e. The molecule has 0 bridgehead atoms. The van der Waals surface area contributed by atoms with E-state index in [4.69, 9.17) is 17.0 Å². The third-order valence-corrected chi connectivity index (χ3v) is 3.06. The highest BCUT2D eigenvalue weighted by molar-refractivity contribution is 7.71. The molecule has 0 atom stereocenters. The second-order valence-corrected chi connectivity index (χ2v) is 5.85. The summed E-state index contributed by atoms with van der Waals surface area (Å²) in [5.41, 5.74) is 1.84. The van der Waals surface area contributed by atoms with Gasteiger partial charge < -0.3 is 9.72 Å². The van der Waals surface area contributed by atoms with Crippen LogP contribution >= 0.6 is 12.2 Å². The molecule has 3 nitrogen and oxygen atoms in total. The number of nitrogens with zero attached hydrogens (tertiary/aromatic N) is 1. The zero-order valence-corrected chi connectivity index (χ0v) is 12.5. The van der Waals surface area contributed by atoms with Crippen LogP contribution in [0.1, 0.15) is 26.6 Å². The summed E-state index contributed by atoms with van der Waals surface area (Å²) in [7, 11) is 1.67. The molecule has 4 heteroatoms. The molecule has 0 aliphatic heterocycles. The maximum absolute atomic E-state index is 5.39. The summed E-state index contributed by atoms with van der Waals surface area (Å²) in [5.74, 6) is 1.69. The molecule has 100 valence electrons. The first-order valence-electron chi connectivity index (χ1n) is 6.17. The quantitative estimate of drug-likeness (QED) is 0.837. The number of hydrogen-bond acceptors (Lipinski definition) is 3. The normalized spacial score (nSPS) is 11.4. The number of H-pyrrole nitrogens is 1. The Morgan fingerprint density at radius 1 is 1.21 bits per heavy atom. The van der Waals surface area contributed by atoms with Gasteiger partial charge in [0.2, 0.25) is 0 Å². The summed E-state index contributed by atoms with van der Waals surface area (Å²) in [5, 5.41) is 0. The molecule has 0 spiro atoms. The minimum Gasteiger partial charge on any atom is -0.496 e. The van der Waals surface area contributed by atoms with Gasteiger partial charge in [0.15, 0.2) is 0 Å². The van der Waals surface area contributed by atoms with Crippen LogP contribution < -0.4 is 4.74 Å². The lowest BCUT2D eigenvalue weighted by atomic mass is 9.95. The van der Waals surface area contributed by atoms with Crippen LogP contribution in [0.15, 0.2) is 30.3 Å². The highest BCUT2D eigenvalue weighted by Crippen LogP contribution is 2.29. The smallest absolute Gasteiger partial charge is 0.130 e. The van der Waals surface area contributed by atoms with Crippen molar-refractivity contribution in [1.82, 2.24) is 9.97 Å². The first-order valence-corrected chi connectivity index (χ1v) is 6.58. The summed E-state index contributed by atoms with van der Waals surface area (Å²) < 4.78 is 5.98. The predicted molar refractivity (Wildman–Crippen MR) is 80.1 cm³/mol. The van der Waals surface area contributed by atoms with Crippen molar-refractivity contribution in [2.75, 3.05) is 7.11 Å². The van der Waals surface area contributed by atoms with Crippen LogP contribution in [-0.4, -0.2) is 17.1 Å². The molecular formula is C15H18N2OS. The number of methoxy groups -OCH3 is 1. The zero-order chi connectivity index (χ0) is 14.0. The fraction of sp³-hybridized carbons (Fsp3) is 0.333. The maximum atomic E-state index is 5.39. The van der Waals surface area contributed by atoms with E-state index in [1.807, 2.05) is 30.3 Å². The van der Waals surface area contributed by atoms with Crippen LogP contribution in [0.4, 0.5) is 0 Å². The summed E-state index contributed by atoms with van der Waals surface area (Å²) in [4.78, 5) is 7.76. The highest BCUT2D eigenvalue weighted by Gasteiger charge is 2.17. The number of ether oxygens (including phenoxy) is 1. The van der Waals surface area contributed by atoms with Crippen molar-refractivity contribution in [3.63, 3.8) is 0 Å². The fourth-order valence-electron chi connectivity index (χ4n) is 1.82. The van der Waals surface area contributed by atoms with Crippen molar-refractivity contribution in [3.8, 4) is 17.0 Å². The van der Waals surface area contributed by atoms with Crippen molar-refractivity contribution in [2.24, 2.45) is 0 Å². The van der Waals surface area contributed by atoms with Crippen LogP contribution in [0.3, 0.4) is 0 Å². The lowest BCUT2D eigenvalue weighted by Crippen LogP contribution is -2.16. The van der Waals surface area contributed by atoms with Gasteiger partial charge in [-0.2, -0.15) is 0 Å². The van der Waals surface area contributed by atoms with Crippen molar-refractivity contribution in [2.45, 2.75) is 26.2 Å².